The Hall–Kier alpha value is -1.11. The van der Waals surface area contributed by atoms with Gasteiger partial charge in [-0.25, -0.2) is 0 Å². The summed E-state index contributed by atoms with van der Waals surface area (Å²) in [5, 5.41) is 3.81. The number of azide groups is 1. The Morgan fingerprint density at radius 1 is 1.00 bits per heavy atom. The fourth-order valence-electron chi connectivity index (χ4n) is 11.4. The summed E-state index contributed by atoms with van der Waals surface area (Å²) in [7, 11) is 0. The summed E-state index contributed by atoms with van der Waals surface area (Å²) in [4.78, 5) is 2.97. The summed E-state index contributed by atoms with van der Waals surface area (Å²) < 4.78 is 26.0. The van der Waals surface area contributed by atoms with Crippen LogP contribution in [0, 0.1) is 46.3 Å². The van der Waals surface area contributed by atoms with Gasteiger partial charge in [-0.2, -0.15) is 0 Å². The molecule has 0 unspecified atom stereocenters. The Balaban J connectivity index is 1.12. The maximum atomic E-state index is 8.95. The van der Waals surface area contributed by atoms with E-state index in [1.165, 1.54) is 57.8 Å². The zero-order valence-corrected chi connectivity index (χ0v) is 28.8. The fraction of sp³-hybridized carbons (Fsp3) is 0.946. The molecule has 44 heavy (non-hydrogen) atoms. The van der Waals surface area contributed by atoms with E-state index >= 15 is 0 Å². The molecule has 4 aliphatic carbocycles. The van der Waals surface area contributed by atoms with E-state index in [-0.39, 0.29) is 31.0 Å². The molecule has 7 nitrogen and oxygen atoms in total. The molecule has 0 bridgehead atoms. The predicted octanol–water partition coefficient (Wildman–Crippen LogP) is 9.75. The van der Waals surface area contributed by atoms with Crippen molar-refractivity contribution in [2.45, 2.75) is 168 Å². The van der Waals surface area contributed by atoms with Crippen molar-refractivity contribution in [1.82, 2.24) is 0 Å². The van der Waals surface area contributed by atoms with Gasteiger partial charge in [-0.15, -0.1) is 0 Å². The summed E-state index contributed by atoms with van der Waals surface area (Å²) in [6, 6.07) is 0. The minimum Gasteiger partial charge on any atom is -0.346 e. The van der Waals surface area contributed by atoms with Gasteiger partial charge in [0, 0.05) is 4.91 Å². The molecular weight excluding hydrogens is 550 g/mol. The third-order valence-electron chi connectivity index (χ3n) is 14.0. The molecule has 12 atom stereocenters. The molecule has 2 aliphatic heterocycles. The molecule has 3 saturated carbocycles. The van der Waals surface area contributed by atoms with Crippen molar-refractivity contribution in [2.24, 2.45) is 51.5 Å². The van der Waals surface area contributed by atoms with Gasteiger partial charge < -0.3 is 18.9 Å². The van der Waals surface area contributed by atoms with Gasteiger partial charge >= 0.3 is 0 Å². The Morgan fingerprint density at radius 2 is 1.77 bits per heavy atom. The second kappa shape index (κ2) is 12.8. The third kappa shape index (κ3) is 5.69. The highest BCUT2D eigenvalue weighted by Crippen LogP contribution is 2.67. The van der Waals surface area contributed by atoms with E-state index in [1.54, 1.807) is 5.57 Å². The van der Waals surface area contributed by atoms with Crippen LogP contribution in [-0.2, 0) is 18.9 Å². The van der Waals surface area contributed by atoms with E-state index in [4.69, 9.17) is 24.5 Å². The van der Waals surface area contributed by atoms with E-state index in [9.17, 15) is 0 Å². The third-order valence-corrected chi connectivity index (χ3v) is 14.0. The van der Waals surface area contributed by atoms with Gasteiger partial charge in [0.15, 0.2) is 12.1 Å². The lowest BCUT2D eigenvalue weighted by Crippen LogP contribution is -2.51. The predicted molar refractivity (Wildman–Crippen MR) is 174 cm³/mol. The molecule has 6 aliphatic rings. The van der Waals surface area contributed by atoms with Crippen LogP contribution in [0.5, 0.6) is 0 Å². The molecule has 0 aromatic rings. The lowest BCUT2D eigenvalue weighted by Gasteiger charge is -2.58. The van der Waals surface area contributed by atoms with Crippen molar-refractivity contribution in [1.29, 1.82) is 0 Å². The van der Waals surface area contributed by atoms with Crippen molar-refractivity contribution >= 4 is 0 Å². The van der Waals surface area contributed by atoms with Crippen molar-refractivity contribution in [3.63, 3.8) is 0 Å². The van der Waals surface area contributed by atoms with Crippen LogP contribution in [0.1, 0.15) is 132 Å². The highest BCUT2D eigenvalue weighted by atomic mass is 16.8. The molecule has 0 amide bonds. The van der Waals surface area contributed by atoms with Crippen molar-refractivity contribution in [3.05, 3.63) is 22.1 Å². The Labute approximate surface area is 267 Å². The molecule has 0 N–H and O–H groups in total. The highest BCUT2D eigenvalue weighted by Gasteiger charge is 2.61. The zero-order valence-electron chi connectivity index (χ0n) is 28.8. The van der Waals surface area contributed by atoms with Gasteiger partial charge in [-0.3, -0.25) is 0 Å². The van der Waals surface area contributed by atoms with Crippen LogP contribution >= 0.6 is 0 Å². The monoisotopic (exact) mass is 611 g/mol. The second-order valence-corrected chi connectivity index (χ2v) is 16.5. The van der Waals surface area contributed by atoms with Crippen LogP contribution in [0.25, 0.3) is 10.4 Å². The van der Waals surface area contributed by atoms with Gasteiger partial charge in [-0.1, -0.05) is 84.5 Å². The van der Waals surface area contributed by atoms with Crippen LogP contribution in [0.2, 0.25) is 0 Å². The first kappa shape index (κ1) is 32.8. The van der Waals surface area contributed by atoms with Crippen LogP contribution < -0.4 is 0 Å². The van der Waals surface area contributed by atoms with E-state index in [0.29, 0.717) is 10.8 Å². The molecule has 7 heteroatoms. The number of rotatable bonds is 11. The van der Waals surface area contributed by atoms with Crippen molar-refractivity contribution < 1.29 is 18.9 Å². The lowest BCUT2D eigenvalue weighted by molar-refractivity contribution is -0.258. The number of nitrogens with zero attached hydrogens (tertiary/aromatic N) is 3. The van der Waals surface area contributed by atoms with Gasteiger partial charge in [0.1, 0.15) is 12.2 Å². The van der Waals surface area contributed by atoms with E-state index in [0.717, 1.165) is 61.2 Å². The van der Waals surface area contributed by atoms with E-state index in [2.05, 4.69) is 64.6 Å². The SMILES string of the molecule is CCC1(CC)O[C@H]2[C@H](O[C@H]3CC[C@@]4(C)C(=CC[C@H]5[C@@H]6CC[C@H]([C@H](C)CCCC(C)C)[C@@]6(C)CC[C@@H]54)C3)O[C@H](CN=[N+]=[N-])[C@H]2O1. The minimum absolute atomic E-state index is 0.119. The minimum atomic E-state index is -0.609. The number of hydrogen-bond acceptors (Lipinski definition) is 5. The quantitative estimate of drug-likeness (QED) is 0.101. The number of fused-ring (bicyclic) bond motifs is 6. The first-order valence-corrected chi connectivity index (χ1v) is 18.4. The summed E-state index contributed by atoms with van der Waals surface area (Å²) in [6.45, 7) is 17.0. The lowest BCUT2D eigenvalue weighted by atomic mass is 9.47. The van der Waals surface area contributed by atoms with Gasteiger partial charge in [-0.05, 0) is 116 Å². The molecule has 6 rings (SSSR count). The molecule has 0 radical (unpaired) electrons. The van der Waals surface area contributed by atoms with Crippen LogP contribution in [-0.4, -0.2) is 43.0 Å². The van der Waals surface area contributed by atoms with E-state index < -0.39 is 12.1 Å². The molecule has 0 spiro atoms. The van der Waals surface area contributed by atoms with Gasteiger partial charge in [0.05, 0.1) is 18.8 Å². The molecular formula is C37H61N3O4. The largest absolute Gasteiger partial charge is 0.346 e. The van der Waals surface area contributed by atoms with Crippen molar-refractivity contribution in [2.75, 3.05) is 6.54 Å². The maximum Gasteiger partial charge on any atom is 0.187 e. The Morgan fingerprint density at radius 3 is 2.50 bits per heavy atom. The van der Waals surface area contributed by atoms with Gasteiger partial charge in [0.25, 0.3) is 0 Å². The second-order valence-electron chi connectivity index (χ2n) is 16.5. The first-order chi connectivity index (χ1) is 21.1. The summed E-state index contributed by atoms with van der Waals surface area (Å²) in [6.07, 6.45) is 17.3. The summed E-state index contributed by atoms with van der Waals surface area (Å²) in [5.74, 6) is 4.51. The van der Waals surface area contributed by atoms with Gasteiger partial charge in [0.2, 0.25) is 0 Å². The van der Waals surface area contributed by atoms with Crippen molar-refractivity contribution in [3.8, 4) is 0 Å². The normalized spacial score (nSPS) is 44.7. The Kier molecular flexibility index (Phi) is 9.57. The topological polar surface area (TPSA) is 85.7 Å². The molecule has 0 aromatic heterocycles. The first-order valence-electron chi connectivity index (χ1n) is 18.4. The number of ether oxygens (including phenoxy) is 4. The van der Waals surface area contributed by atoms with Crippen LogP contribution in [0.3, 0.4) is 0 Å². The molecule has 248 valence electrons. The molecule has 5 fully saturated rings. The fourth-order valence-corrected chi connectivity index (χ4v) is 11.4. The molecule has 0 aromatic carbocycles. The highest BCUT2D eigenvalue weighted by molar-refractivity contribution is 5.25. The van der Waals surface area contributed by atoms with Crippen LogP contribution in [0.15, 0.2) is 16.8 Å². The average Bonchev–Trinajstić information content (AvgIpc) is 3.66. The Bertz CT molecular complexity index is 1100. The average molecular weight is 612 g/mol. The van der Waals surface area contributed by atoms with Crippen LogP contribution in [0.4, 0.5) is 0 Å². The number of hydrogen-bond donors (Lipinski definition) is 0. The zero-order chi connectivity index (χ0) is 31.3. The maximum absolute atomic E-state index is 8.95. The summed E-state index contributed by atoms with van der Waals surface area (Å²) >= 11 is 0. The standard InChI is InChI=1S/C37H61N3O4/c1-8-37(9-2)43-32-31(22-39-40-38)42-34(33(32)44-37)41-26-17-19-35(6)25(21-26)13-14-27-29-16-15-28(24(5)12-10-11-23(3)4)36(29,7)20-18-30(27)35/h13,23-24,26-34H,8-12,14-22H2,1-7H3/t24-,26+,27+,28-,29+,30+,31-,32-,33-,34-,35+,36-/m1/s1. The number of allylic oxidation sites excluding steroid dienone is 1. The smallest absolute Gasteiger partial charge is 0.187 e. The molecule has 2 saturated heterocycles. The van der Waals surface area contributed by atoms with E-state index in [1.807, 2.05) is 0 Å². The summed E-state index contributed by atoms with van der Waals surface area (Å²) in [5.41, 5.74) is 11.4. The molecule has 2 heterocycles.